The first-order chi connectivity index (χ1) is 11.0. The van der Waals surface area contributed by atoms with Gasteiger partial charge in [-0.3, -0.25) is 4.79 Å². The van der Waals surface area contributed by atoms with E-state index in [9.17, 15) is 9.90 Å². The van der Waals surface area contributed by atoms with Crippen molar-refractivity contribution in [3.8, 4) is 0 Å². The van der Waals surface area contributed by atoms with E-state index in [1.807, 2.05) is 18.7 Å². The van der Waals surface area contributed by atoms with E-state index in [4.69, 9.17) is 4.84 Å². The van der Waals surface area contributed by atoms with Crippen molar-refractivity contribution >= 4 is 17.5 Å². The summed E-state index contributed by atoms with van der Waals surface area (Å²) in [5.74, 6) is 1.70. The van der Waals surface area contributed by atoms with Gasteiger partial charge in [-0.25, -0.2) is 0 Å². The maximum Gasteiger partial charge on any atom is 0.164 e. The van der Waals surface area contributed by atoms with Gasteiger partial charge in [-0.05, 0) is 30.9 Å². The summed E-state index contributed by atoms with van der Waals surface area (Å²) in [5.41, 5.74) is 3.54. The fourth-order valence-corrected chi connectivity index (χ4v) is 4.16. The molecule has 2 N–H and O–H groups in total. The standard InChI is InChI=1S/C18H33NO3S/c1-5-8-15(19-22-9-6-2)18-16(20)11-14(12-17(18)21)10-13(4)23-7-3/h13-15,19-20H,5-12H2,1-4H3. The molecule has 23 heavy (non-hydrogen) atoms. The van der Waals surface area contributed by atoms with Gasteiger partial charge in [-0.15, -0.1) is 0 Å². The number of thioether (sulfide) groups is 1. The lowest BCUT2D eigenvalue weighted by Crippen LogP contribution is -2.37. The fourth-order valence-electron chi connectivity index (χ4n) is 3.19. The average Bonchev–Trinajstić information content (AvgIpc) is 2.47. The molecule has 134 valence electrons. The first-order valence-electron chi connectivity index (χ1n) is 8.97. The Morgan fingerprint density at radius 3 is 2.61 bits per heavy atom. The van der Waals surface area contributed by atoms with Crippen LogP contribution in [0.5, 0.6) is 0 Å². The fraction of sp³-hybridized carbons (Fsp3) is 0.833. The van der Waals surface area contributed by atoms with Crippen LogP contribution in [0, 0.1) is 5.92 Å². The van der Waals surface area contributed by atoms with E-state index in [-0.39, 0.29) is 23.5 Å². The molecule has 1 aliphatic rings. The van der Waals surface area contributed by atoms with Crippen molar-refractivity contribution < 1.29 is 14.7 Å². The Morgan fingerprint density at radius 2 is 2.04 bits per heavy atom. The van der Waals surface area contributed by atoms with Gasteiger partial charge in [0, 0.05) is 18.1 Å². The Labute approximate surface area is 145 Å². The van der Waals surface area contributed by atoms with E-state index in [0.717, 1.165) is 31.4 Å². The van der Waals surface area contributed by atoms with Crippen molar-refractivity contribution in [1.29, 1.82) is 0 Å². The SMILES string of the molecule is CCCONC(CCC)C1=C(O)CC(CC(C)SCC)CC1=O. The number of Topliss-reactive ketones (excluding diaryl/α,β-unsaturated/α-hetero) is 1. The van der Waals surface area contributed by atoms with Crippen LogP contribution < -0.4 is 5.48 Å². The van der Waals surface area contributed by atoms with Gasteiger partial charge in [-0.2, -0.15) is 17.2 Å². The normalized spacial score (nSPS) is 21.6. The smallest absolute Gasteiger partial charge is 0.164 e. The summed E-state index contributed by atoms with van der Waals surface area (Å²) in [7, 11) is 0. The minimum Gasteiger partial charge on any atom is -0.512 e. The first-order valence-corrected chi connectivity index (χ1v) is 10.0. The summed E-state index contributed by atoms with van der Waals surface area (Å²) in [4.78, 5) is 18.0. The number of allylic oxidation sites excluding steroid dienone is 1. The first kappa shape index (κ1) is 20.5. The lowest BCUT2D eigenvalue weighted by Gasteiger charge is -2.29. The van der Waals surface area contributed by atoms with E-state index in [0.29, 0.717) is 30.3 Å². The number of hydroxylamine groups is 1. The molecule has 3 unspecified atom stereocenters. The minimum atomic E-state index is -0.192. The second-order valence-electron chi connectivity index (χ2n) is 6.37. The highest BCUT2D eigenvalue weighted by atomic mass is 32.2. The van der Waals surface area contributed by atoms with Crippen LogP contribution in [-0.2, 0) is 9.63 Å². The van der Waals surface area contributed by atoms with Gasteiger partial charge in [-0.1, -0.05) is 34.1 Å². The topological polar surface area (TPSA) is 58.6 Å². The zero-order valence-electron chi connectivity index (χ0n) is 15.1. The van der Waals surface area contributed by atoms with Gasteiger partial charge >= 0.3 is 0 Å². The molecule has 0 saturated carbocycles. The zero-order valence-corrected chi connectivity index (χ0v) is 15.9. The zero-order chi connectivity index (χ0) is 17.2. The van der Waals surface area contributed by atoms with E-state index >= 15 is 0 Å². The molecular formula is C18H33NO3S. The van der Waals surface area contributed by atoms with Gasteiger partial charge in [0.05, 0.1) is 18.2 Å². The Hall–Kier alpha value is -0.520. The molecule has 0 aliphatic heterocycles. The Balaban J connectivity index is 2.73. The summed E-state index contributed by atoms with van der Waals surface area (Å²) < 4.78 is 0. The number of carbonyl (C=O) groups is 1. The van der Waals surface area contributed by atoms with Crippen molar-refractivity contribution in [2.75, 3.05) is 12.4 Å². The number of hydrogen-bond acceptors (Lipinski definition) is 5. The maximum absolute atomic E-state index is 12.6. The Kier molecular flexibility index (Phi) is 9.91. The van der Waals surface area contributed by atoms with Crippen molar-refractivity contribution in [2.24, 2.45) is 5.92 Å². The second-order valence-corrected chi connectivity index (χ2v) is 8.08. The third-order valence-electron chi connectivity index (χ3n) is 4.14. The van der Waals surface area contributed by atoms with Crippen LogP contribution in [0.1, 0.15) is 66.2 Å². The van der Waals surface area contributed by atoms with Crippen LogP contribution in [0.25, 0.3) is 0 Å². The predicted molar refractivity (Wildman–Crippen MR) is 97.7 cm³/mol. The lowest BCUT2D eigenvalue weighted by atomic mass is 9.81. The van der Waals surface area contributed by atoms with Crippen molar-refractivity contribution in [2.45, 2.75) is 77.5 Å². The third kappa shape index (κ3) is 6.86. The number of ketones is 1. The molecule has 0 saturated heterocycles. The van der Waals surface area contributed by atoms with Gasteiger partial charge in [0.2, 0.25) is 0 Å². The largest absolute Gasteiger partial charge is 0.512 e. The number of rotatable bonds is 11. The Morgan fingerprint density at radius 1 is 1.30 bits per heavy atom. The predicted octanol–water partition coefficient (Wildman–Crippen LogP) is 4.41. The highest BCUT2D eigenvalue weighted by molar-refractivity contribution is 7.99. The molecule has 3 atom stereocenters. The monoisotopic (exact) mass is 343 g/mol. The number of hydrogen-bond donors (Lipinski definition) is 2. The summed E-state index contributed by atoms with van der Waals surface area (Å²) >= 11 is 1.91. The Bertz CT molecular complexity index is 398. The molecular weight excluding hydrogens is 310 g/mol. The van der Waals surface area contributed by atoms with E-state index in [2.05, 4.69) is 26.3 Å². The van der Waals surface area contributed by atoms with Crippen molar-refractivity contribution in [3.63, 3.8) is 0 Å². The molecule has 0 radical (unpaired) electrons. The maximum atomic E-state index is 12.6. The highest BCUT2D eigenvalue weighted by Gasteiger charge is 2.32. The molecule has 0 aromatic carbocycles. The molecule has 0 aromatic heterocycles. The van der Waals surface area contributed by atoms with Crippen LogP contribution in [0.3, 0.4) is 0 Å². The summed E-state index contributed by atoms with van der Waals surface area (Å²) in [6.45, 7) is 9.08. The van der Waals surface area contributed by atoms with Gasteiger partial charge in [0.25, 0.3) is 0 Å². The highest BCUT2D eigenvalue weighted by Crippen LogP contribution is 2.33. The van der Waals surface area contributed by atoms with Crippen LogP contribution in [0.2, 0.25) is 0 Å². The summed E-state index contributed by atoms with van der Waals surface area (Å²) in [6.07, 6.45) is 4.79. The van der Waals surface area contributed by atoms with Crippen LogP contribution in [-0.4, -0.2) is 34.5 Å². The van der Waals surface area contributed by atoms with Gasteiger partial charge < -0.3 is 9.94 Å². The van der Waals surface area contributed by atoms with Crippen LogP contribution in [0.15, 0.2) is 11.3 Å². The summed E-state index contributed by atoms with van der Waals surface area (Å²) in [5, 5.41) is 11.0. The molecule has 1 rings (SSSR count). The van der Waals surface area contributed by atoms with Crippen LogP contribution in [0.4, 0.5) is 0 Å². The quantitative estimate of drug-likeness (QED) is 0.430. The van der Waals surface area contributed by atoms with Crippen molar-refractivity contribution in [1.82, 2.24) is 5.48 Å². The molecule has 0 heterocycles. The van der Waals surface area contributed by atoms with Gasteiger partial charge in [0.1, 0.15) is 5.76 Å². The molecule has 0 spiro atoms. The molecule has 0 bridgehead atoms. The van der Waals surface area contributed by atoms with Gasteiger partial charge in [0.15, 0.2) is 5.78 Å². The van der Waals surface area contributed by atoms with E-state index in [1.165, 1.54) is 0 Å². The number of aliphatic hydroxyl groups excluding tert-OH is 1. The molecule has 4 nitrogen and oxygen atoms in total. The number of nitrogens with one attached hydrogen (secondary N) is 1. The van der Waals surface area contributed by atoms with E-state index < -0.39 is 0 Å². The molecule has 0 fully saturated rings. The van der Waals surface area contributed by atoms with Crippen molar-refractivity contribution in [3.05, 3.63) is 11.3 Å². The minimum absolute atomic E-state index is 0.0819. The van der Waals surface area contributed by atoms with Crippen LogP contribution >= 0.6 is 11.8 Å². The lowest BCUT2D eigenvalue weighted by molar-refractivity contribution is -0.118. The summed E-state index contributed by atoms with van der Waals surface area (Å²) in [6, 6.07) is -0.192. The third-order valence-corrected chi connectivity index (χ3v) is 5.24. The van der Waals surface area contributed by atoms with E-state index in [1.54, 1.807) is 0 Å². The molecule has 0 amide bonds. The molecule has 1 aliphatic carbocycles. The second kappa shape index (κ2) is 11.1. The average molecular weight is 344 g/mol. The number of aliphatic hydroxyl groups is 1. The molecule has 0 aromatic rings. The number of carbonyl (C=O) groups excluding carboxylic acids is 1. The molecule has 5 heteroatoms.